The van der Waals surface area contributed by atoms with Gasteiger partial charge in [-0.2, -0.15) is 0 Å². The first kappa shape index (κ1) is 17.7. The van der Waals surface area contributed by atoms with Gasteiger partial charge in [0.05, 0.1) is 13.2 Å². The van der Waals surface area contributed by atoms with Gasteiger partial charge in [0.15, 0.2) is 0 Å². The van der Waals surface area contributed by atoms with E-state index >= 15 is 0 Å². The van der Waals surface area contributed by atoms with E-state index in [1.165, 1.54) is 0 Å². The molecular formula is C11H18O6. The van der Waals surface area contributed by atoms with E-state index in [2.05, 4.69) is 27.4 Å². The molecular weight excluding hydrogens is 228 g/mol. The van der Waals surface area contributed by atoms with Crippen molar-refractivity contribution in [2.75, 3.05) is 33.5 Å². The molecule has 0 aliphatic rings. The summed E-state index contributed by atoms with van der Waals surface area (Å²) in [5.74, 6) is -0.911. The second-order valence-corrected chi connectivity index (χ2v) is 2.46. The highest BCUT2D eigenvalue weighted by atomic mass is 16.6. The van der Waals surface area contributed by atoms with Crippen molar-refractivity contribution in [3.63, 3.8) is 0 Å². The van der Waals surface area contributed by atoms with Crippen LogP contribution in [0.15, 0.2) is 25.3 Å². The number of esters is 2. The molecule has 0 saturated carbocycles. The second kappa shape index (κ2) is 14.3. The van der Waals surface area contributed by atoms with Crippen LogP contribution in [0.1, 0.15) is 0 Å². The fourth-order valence-electron chi connectivity index (χ4n) is 0.490. The number of rotatable bonds is 7. The molecule has 17 heavy (non-hydrogen) atoms. The minimum Gasteiger partial charge on any atom is -0.460 e. The van der Waals surface area contributed by atoms with E-state index in [-0.39, 0.29) is 13.2 Å². The van der Waals surface area contributed by atoms with E-state index in [1.807, 2.05) is 0 Å². The lowest BCUT2D eigenvalue weighted by molar-refractivity contribution is -0.139. The van der Waals surface area contributed by atoms with E-state index in [0.29, 0.717) is 13.2 Å². The summed E-state index contributed by atoms with van der Waals surface area (Å²) in [5.41, 5.74) is 0. The lowest BCUT2D eigenvalue weighted by Crippen LogP contribution is -2.06. The van der Waals surface area contributed by atoms with E-state index in [0.717, 1.165) is 12.2 Å². The van der Waals surface area contributed by atoms with Crippen molar-refractivity contribution in [2.45, 2.75) is 0 Å². The Balaban J connectivity index is 0. The van der Waals surface area contributed by atoms with Gasteiger partial charge in [-0.15, -0.1) is 0 Å². The van der Waals surface area contributed by atoms with Crippen molar-refractivity contribution in [2.24, 2.45) is 0 Å². The summed E-state index contributed by atoms with van der Waals surface area (Å²) in [7, 11) is 1.54. The van der Waals surface area contributed by atoms with Gasteiger partial charge in [0.1, 0.15) is 13.2 Å². The molecule has 1 N–H and O–H groups in total. The molecule has 0 unspecified atom stereocenters. The van der Waals surface area contributed by atoms with Gasteiger partial charge in [-0.05, 0) is 0 Å². The van der Waals surface area contributed by atoms with Crippen LogP contribution in [0.4, 0.5) is 0 Å². The third-order valence-corrected chi connectivity index (χ3v) is 1.20. The molecule has 0 heterocycles. The summed E-state index contributed by atoms with van der Waals surface area (Å²) in [6.45, 7) is 7.01. The van der Waals surface area contributed by atoms with Gasteiger partial charge in [0.25, 0.3) is 0 Å². The normalized spacial score (nSPS) is 8.35. The Morgan fingerprint density at radius 2 is 1.53 bits per heavy atom. The van der Waals surface area contributed by atoms with Gasteiger partial charge in [0, 0.05) is 19.3 Å². The summed E-state index contributed by atoms with van der Waals surface area (Å²) in [6.07, 6.45) is 2.17. The first-order valence-corrected chi connectivity index (χ1v) is 4.80. The summed E-state index contributed by atoms with van der Waals surface area (Å²) >= 11 is 0. The van der Waals surface area contributed by atoms with Crippen LogP contribution in [0.25, 0.3) is 0 Å². The van der Waals surface area contributed by atoms with Crippen LogP contribution >= 0.6 is 0 Å². The average molecular weight is 246 g/mol. The number of ether oxygens (including phenoxy) is 3. The minimum atomic E-state index is -0.501. The highest BCUT2D eigenvalue weighted by Gasteiger charge is 1.91. The van der Waals surface area contributed by atoms with Gasteiger partial charge in [-0.1, -0.05) is 13.2 Å². The molecule has 0 aromatic rings. The zero-order valence-corrected chi connectivity index (χ0v) is 9.89. The van der Waals surface area contributed by atoms with Crippen LogP contribution in [-0.4, -0.2) is 50.6 Å². The number of carbonyl (C=O) groups is 2. The lowest BCUT2D eigenvalue weighted by Gasteiger charge is -1.98. The fraction of sp³-hybridized carbons (Fsp3) is 0.455. The Labute approximate surface area is 100 Å². The summed E-state index contributed by atoms with van der Waals surface area (Å²) in [5, 5.41) is 8.10. The van der Waals surface area contributed by atoms with E-state index in [9.17, 15) is 9.59 Å². The molecule has 0 fully saturated rings. The molecule has 0 atom stereocenters. The molecule has 0 aromatic heterocycles. The number of carbonyl (C=O) groups excluding carboxylic acids is 2. The van der Waals surface area contributed by atoms with Crippen LogP contribution in [0.2, 0.25) is 0 Å². The van der Waals surface area contributed by atoms with Gasteiger partial charge < -0.3 is 19.3 Å². The Hall–Kier alpha value is -1.66. The maximum absolute atomic E-state index is 10.3. The third-order valence-electron chi connectivity index (χ3n) is 1.20. The van der Waals surface area contributed by atoms with Gasteiger partial charge >= 0.3 is 11.9 Å². The van der Waals surface area contributed by atoms with Crippen LogP contribution in [-0.2, 0) is 23.8 Å². The molecule has 0 saturated heterocycles. The largest absolute Gasteiger partial charge is 0.460 e. The van der Waals surface area contributed by atoms with Gasteiger partial charge in [-0.25, -0.2) is 9.59 Å². The molecule has 0 rings (SSSR count). The maximum atomic E-state index is 10.3. The highest BCUT2D eigenvalue weighted by molar-refractivity contribution is 5.81. The van der Waals surface area contributed by atoms with Crippen molar-refractivity contribution in [3.8, 4) is 0 Å². The van der Waals surface area contributed by atoms with Crippen molar-refractivity contribution in [1.82, 2.24) is 0 Å². The molecule has 0 bridgehead atoms. The standard InChI is InChI=1S/C6H10O3.C5H8O3/c1-3-6(7)9-5-4-8-2;1-2-5(7)8-4-3-6/h3H,1,4-5H2,2H3;2,6H,1,3-4H2. The zero-order valence-electron chi connectivity index (χ0n) is 9.89. The summed E-state index contributed by atoms with van der Waals surface area (Å²) in [6, 6.07) is 0. The number of aliphatic hydroxyl groups is 1. The molecule has 0 aromatic carbocycles. The van der Waals surface area contributed by atoms with Crippen molar-refractivity contribution < 1.29 is 28.9 Å². The first-order valence-electron chi connectivity index (χ1n) is 4.80. The molecule has 0 amide bonds. The SMILES string of the molecule is C=CC(=O)OCCO.C=CC(=O)OCCOC. The zero-order chi connectivity index (χ0) is 13.5. The van der Waals surface area contributed by atoms with E-state index < -0.39 is 11.9 Å². The van der Waals surface area contributed by atoms with Crippen molar-refractivity contribution in [3.05, 3.63) is 25.3 Å². The van der Waals surface area contributed by atoms with Crippen LogP contribution in [0, 0.1) is 0 Å². The van der Waals surface area contributed by atoms with Crippen molar-refractivity contribution >= 4 is 11.9 Å². The summed E-state index contributed by atoms with van der Waals surface area (Å²) < 4.78 is 13.5. The van der Waals surface area contributed by atoms with Crippen molar-refractivity contribution in [1.29, 1.82) is 0 Å². The Morgan fingerprint density at radius 1 is 1.06 bits per heavy atom. The van der Waals surface area contributed by atoms with Crippen LogP contribution in [0.3, 0.4) is 0 Å². The number of aliphatic hydroxyl groups excluding tert-OH is 1. The Bertz CT molecular complexity index is 236. The minimum absolute atomic E-state index is 0.0465. The monoisotopic (exact) mass is 246 g/mol. The molecule has 0 radical (unpaired) electrons. The molecule has 0 aliphatic heterocycles. The first-order chi connectivity index (χ1) is 8.12. The summed E-state index contributed by atoms with van der Waals surface area (Å²) in [4.78, 5) is 20.4. The Kier molecular flexibility index (Phi) is 15.0. The Morgan fingerprint density at radius 3 is 1.88 bits per heavy atom. The molecule has 0 aliphatic carbocycles. The van der Waals surface area contributed by atoms with Gasteiger partial charge in [0.2, 0.25) is 0 Å². The number of methoxy groups -OCH3 is 1. The van der Waals surface area contributed by atoms with Crippen LogP contribution in [0.5, 0.6) is 0 Å². The fourth-order valence-corrected chi connectivity index (χ4v) is 0.490. The molecule has 6 nitrogen and oxygen atoms in total. The molecule has 98 valence electrons. The topological polar surface area (TPSA) is 82.1 Å². The van der Waals surface area contributed by atoms with E-state index in [4.69, 9.17) is 5.11 Å². The predicted octanol–water partition coefficient (Wildman–Crippen LogP) is 0.0699. The highest BCUT2D eigenvalue weighted by Crippen LogP contribution is 1.78. The van der Waals surface area contributed by atoms with E-state index in [1.54, 1.807) is 7.11 Å². The predicted molar refractivity (Wildman–Crippen MR) is 61.3 cm³/mol. The average Bonchev–Trinajstić information content (AvgIpc) is 2.36. The number of hydrogen-bond acceptors (Lipinski definition) is 6. The smallest absolute Gasteiger partial charge is 0.330 e. The lowest BCUT2D eigenvalue weighted by atomic mass is 10.6. The molecule has 6 heteroatoms. The molecule has 0 spiro atoms. The quantitative estimate of drug-likeness (QED) is 0.389. The second-order valence-electron chi connectivity index (χ2n) is 2.46. The third kappa shape index (κ3) is 17.0. The number of hydrogen-bond donors (Lipinski definition) is 1. The maximum Gasteiger partial charge on any atom is 0.330 e. The van der Waals surface area contributed by atoms with Gasteiger partial charge in [-0.3, -0.25) is 0 Å². The van der Waals surface area contributed by atoms with Crippen LogP contribution < -0.4 is 0 Å².